The molecule has 0 saturated carbocycles. The summed E-state index contributed by atoms with van der Waals surface area (Å²) in [6.45, 7) is 10.5. The summed E-state index contributed by atoms with van der Waals surface area (Å²) in [5.74, 6) is 0. The normalized spacial score (nSPS) is 28.7. The van der Waals surface area contributed by atoms with Crippen molar-refractivity contribution in [1.82, 2.24) is 15.1 Å². The van der Waals surface area contributed by atoms with Crippen LogP contribution in [-0.4, -0.2) is 74.9 Å². The number of hydrogen-bond acceptors (Lipinski definition) is 4. The molecule has 19 heavy (non-hydrogen) atoms. The third-order valence-electron chi connectivity index (χ3n) is 4.60. The van der Waals surface area contributed by atoms with E-state index in [9.17, 15) is 0 Å². The molecule has 0 radical (unpaired) electrons. The van der Waals surface area contributed by atoms with Crippen molar-refractivity contribution in [3.05, 3.63) is 0 Å². The highest BCUT2D eigenvalue weighted by molar-refractivity contribution is 4.90. The van der Waals surface area contributed by atoms with Gasteiger partial charge in [0.1, 0.15) is 0 Å². The van der Waals surface area contributed by atoms with Crippen molar-refractivity contribution in [2.24, 2.45) is 0 Å². The number of nitrogens with one attached hydrogen (secondary N) is 1. The molecule has 2 saturated heterocycles. The molecule has 0 bridgehead atoms. The Morgan fingerprint density at radius 3 is 2.95 bits per heavy atom. The molecule has 4 nitrogen and oxygen atoms in total. The number of methoxy groups -OCH3 is 1. The van der Waals surface area contributed by atoms with Gasteiger partial charge in [0.05, 0.1) is 6.61 Å². The molecular formula is C15H31N3O. The molecule has 0 aromatic heterocycles. The predicted molar refractivity (Wildman–Crippen MR) is 79.6 cm³/mol. The topological polar surface area (TPSA) is 27.7 Å². The van der Waals surface area contributed by atoms with E-state index in [4.69, 9.17) is 4.74 Å². The van der Waals surface area contributed by atoms with Crippen molar-refractivity contribution in [1.29, 1.82) is 0 Å². The van der Waals surface area contributed by atoms with Crippen LogP contribution in [0.15, 0.2) is 0 Å². The molecule has 2 aliphatic heterocycles. The van der Waals surface area contributed by atoms with E-state index >= 15 is 0 Å². The van der Waals surface area contributed by atoms with E-state index in [0.717, 1.165) is 31.8 Å². The van der Waals surface area contributed by atoms with Crippen LogP contribution in [0.2, 0.25) is 0 Å². The van der Waals surface area contributed by atoms with Gasteiger partial charge in [-0.1, -0.05) is 0 Å². The van der Waals surface area contributed by atoms with E-state index in [1.54, 1.807) is 7.11 Å². The Balaban J connectivity index is 1.55. The molecule has 0 amide bonds. The van der Waals surface area contributed by atoms with Gasteiger partial charge in [-0.2, -0.15) is 0 Å². The van der Waals surface area contributed by atoms with Gasteiger partial charge in [-0.25, -0.2) is 0 Å². The second-order valence-corrected chi connectivity index (χ2v) is 6.08. The standard InChI is InChI=1S/C15H31N3O/c1-14-12-18-10-5-6-15(18)13-17(14)9-4-3-7-16-8-11-19-2/h14-16H,3-13H2,1-2H3. The third kappa shape index (κ3) is 4.71. The summed E-state index contributed by atoms with van der Waals surface area (Å²) in [6.07, 6.45) is 5.43. The van der Waals surface area contributed by atoms with Crippen LogP contribution in [0.1, 0.15) is 32.6 Å². The largest absolute Gasteiger partial charge is 0.383 e. The minimum absolute atomic E-state index is 0.746. The Labute approximate surface area is 118 Å². The zero-order valence-electron chi connectivity index (χ0n) is 12.7. The molecule has 4 heteroatoms. The lowest BCUT2D eigenvalue weighted by atomic mass is 10.1. The maximum absolute atomic E-state index is 5.02. The lowest BCUT2D eigenvalue weighted by Crippen LogP contribution is -2.55. The van der Waals surface area contributed by atoms with Crippen LogP contribution in [0.3, 0.4) is 0 Å². The molecule has 1 N–H and O–H groups in total. The Kier molecular flexibility index (Phi) is 6.57. The number of nitrogens with zero attached hydrogens (tertiary/aromatic N) is 2. The minimum Gasteiger partial charge on any atom is -0.383 e. The second-order valence-electron chi connectivity index (χ2n) is 6.08. The SMILES string of the molecule is COCCNCCCCN1CC2CCCN2CC1C. The molecule has 2 unspecified atom stereocenters. The molecule has 2 aliphatic rings. The quantitative estimate of drug-likeness (QED) is 0.670. The van der Waals surface area contributed by atoms with E-state index in [1.165, 1.54) is 51.9 Å². The third-order valence-corrected chi connectivity index (χ3v) is 4.60. The second kappa shape index (κ2) is 8.20. The maximum Gasteiger partial charge on any atom is 0.0587 e. The summed E-state index contributed by atoms with van der Waals surface area (Å²) in [6, 6.07) is 1.60. The first kappa shape index (κ1) is 15.2. The lowest BCUT2D eigenvalue weighted by Gasteiger charge is -2.42. The van der Waals surface area contributed by atoms with Crippen LogP contribution >= 0.6 is 0 Å². The van der Waals surface area contributed by atoms with Crippen LogP contribution in [-0.2, 0) is 4.74 Å². The van der Waals surface area contributed by atoms with Crippen LogP contribution in [0.25, 0.3) is 0 Å². The van der Waals surface area contributed by atoms with Gasteiger partial charge < -0.3 is 10.1 Å². The Morgan fingerprint density at radius 2 is 2.11 bits per heavy atom. The Hall–Kier alpha value is -0.160. The number of fused-ring (bicyclic) bond motifs is 1. The minimum atomic E-state index is 0.746. The summed E-state index contributed by atoms with van der Waals surface area (Å²) in [5.41, 5.74) is 0. The van der Waals surface area contributed by atoms with Crippen LogP contribution < -0.4 is 5.32 Å². The smallest absolute Gasteiger partial charge is 0.0587 e. The lowest BCUT2D eigenvalue weighted by molar-refractivity contribution is 0.0584. The van der Waals surface area contributed by atoms with Gasteiger partial charge in [-0.3, -0.25) is 9.80 Å². The maximum atomic E-state index is 5.02. The summed E-state index contributed by atoms with van der Waals surface area (Å²) in [7, 11) is 1.76. The van der Waals surface area contributed by atoms with Gasteiger partial charge >= 0.3 is 0 Å². The van der Waals surface area contributed by atoms with E-state index in [2.05, 4.69) is 22.0 Å². The molecule has 0 aromatic carbocycles. The number of hydrogen-bond donors (Lipinski definition) is 1. The molecular weight excluding hydrogens is 238 g/mol. The fourth-order valence-corrected chi connectivity index (χ4v) is 3.42. The molecule has 0 aromatic rings. The average Bonchev–Trinajstić information content (AvgIpc) is 2.84. The van der Waals surface area contributed by atoms with Crippen molar-refractivity contribution in [3.63, 3.8) is 0 Å². The monoisotopic (exact) mass is 269 g/mol. The molecule has 0 spiro atoms. The molecule has 112 valence electrons. The molecule has 2 rings (SSSR count). The van der Waals surface area contributed by atoms with Crippen molar-refractivity contribution >= 4 is 0 Å². The molecule has 2 atom stereocenters. The van der Waals surface area contributed by atoms with Crippen molar-refractivity contribution in [2.75, 3.05) is 53.0 Å². The molecule has 2 heterocycles. The number of rotatable bonds is 8. The van der Waals surface area contributed by atoms with Crippen molar-refractivity contribution in [2.45, 2.75) is 44.7 Å². The average molecular weight is 269 g/mol. The Morgan fingerprint density at radius 1 is 1.21 bits per heavy atom. The van der Waals surface area contributed by atoms with Gasteiger partial charge in [0.2, 0.25) is 0 Å². The van der Waals surface area contributed by atoms with Gasteiger partial charge in [0, 0.05) is 38.8 Å². The van der Waals surface area contributed by atoms with Gasteiger partial charge in [-0.05, 0) is 52.2 Å². The van der Waals surface area contributed by atoms with Gasteiger partial charge in [0.15, 0.2) is 0 Å². The molecule has 0 aliphatic carbocycles. The fourth-order valence-electron chi connectivity index (χ4n) is 3.42. The van der Waals surface area contributed by atoms with Gasteiger partial charge in [0.25, 0.3) is 0 Å². The summed E-state index contributed by atoms with van der Waals surface area (Å²) in [4.78, 5) is 5.41. The fraction of sp³-hybridized carbons (Fsp3) is 1.00. The zero-order valence-corrected chi connectivity index (χ0v) is 12.7. The van der Waals surface area contributed by atoms with Crippen LogP contribution in [0.5, 0.6) is 0 Å². The molecule has 2 fully saturated rings. The summed E-state index contributed by atoms with van der Waals surface area (Å²) < 4.78 is 5.02. The highest BCUT2D eigenvalue weighted by atomic mass is 16.5. The summed E-state index contributed by atoms with van der Waals surface area (Å²) >= 11 is 0. The van der Waals surface area contributed by atoms with Gasteiger partial charge in [-0.15, -0.1) is 0 Å². The van der Waals surface area contributed by atoms with E-state index < -0.39 is 0 Å². The number of unbranched alkanes of at least 4 members (excludes halogenated alkanes) is 1. The highest BCUT2D eigenvalue weighted by Gasteiger charge is 2.33. The van der Waals surface area contributed by atoms with Crippen LogP contribution in [0, 0.1) is 0 Å². The van der Waals surface area contributed by atoms with Crippen molar-refractivity contribution < 1.29 is 4.74 Å². The highest BCUT2D eigenvalue weighted by Crippen LogP contribution is 2.24. The first-order valence-electron chi connectivity index (χ1n) is 7.99. The first-order chi connectivity index (χ1) is 9.31. The number of piperazine rings is 1. The predicted octanol–water partition coefficient (Wildman–Crippen LogP) is 1.17. The number of ether oxygens (including phenoxy) is 1. The zero-order chi connectivity index (χ0) is 13.5. The first-order valence-corrected chi connectivity index (χ1v) is 7.99. The van der Waals surface area contributed by atoms with E-state index in [-0.39, 0.29) is 0 Å². The summed E-state index contributed by atoms with van der Waals surface area (Å²) in [5, 5.41) is 3.42. The van der Waals surface area contributed by atoms with E-state index in [0.29, 0.717) is 0 Å². The van der Waals surface area contributed by atoms with E-state index in [1.807, 2.05) is 0 Å². The Bertz CT molecular complexity index is 250. The van der Waals surface area contributed by atoms with Crippen LogP contribution in [0.4, 0.5) is 0 Å². The van der Waals surface area contributed by atoms with Crippen molar-refractivity contribution in [3.8, 4) is 0 Å².